The monoisotopic (exact) mass is 234 g/mol. The van der Waals surface area contributed by atoms with Crippen molar-refractivity contribution in [2.75, 3.05) is 19.6 Å². The first-order valence-electron chi connectivity index (χ1n) is 3.69. The number of hydrogen-bond acceptors (Lipinski definition) is 2. The van der Waals surface area contributed by atoms with Gasteiger partial charge in [0.25, 0.3) is 0 Å². The third-order valence-corrected chi connectivity index (χ3v) is 1.84. The smallest absolute Gasteiger partial charge is 0.407 e. The predicted octanol–water partition coefficient (Wildman–Crippen LogP) is 0.922. The number of amides is 1. The lowest BCUT2D eigenvalue weighted by molar-refractivity contribution is -0.162. The molecule has 1 rings (SSSR count). The zero-order chi connectivity index (χ0) is 10.1. The van der Waals surface area contributed by atoms with Crippen LogP contribution in [0.1, 0.15) is 0 Å². The molecule has 1 atom stereocenters. The van der Waals surface area contributed by atoms with Crippen LogP contribution in [0.4, 0.5) is 18.0 Å². The Balaban J connectivity index is 0.00000169. The fraction of sp³-hybridized carbons (Fsp3) is 0.833. The van der Waals surface area contributed by atoms with Gasteiger partial charge in [-0.2, -0.15) is 13.2 Å². The molecule has 0 radical (unpaired) electrons. The topological polar surface area (TPSA) is 52.6 Å². The number of nitrogens with one attached hydrogen (secondary N) is 1. The van der Waals surface area contributed by atoms with E-state index in [1.807, 2.05) is 0 Å². The predicted molar refractivity (Wildman–Crippen MR) is 44.7 cm³/mol. The molecule has 0 bridgehead atoms. The lowest BCUT2D eigenvalue weighted by Crippen LogP contribution is -2.58. The molecule has 1 saturated heterocycles. The van der Waals surface area contributed by atoms with Crippen LogP contribution < -0.4 is 5.32 Å². The van der Waals surface area contributed by atoms with Crippen molar-refractivity contribution >= 4 is 18.5 Å². The molecular weight excluding hydrogens is 225 g/mol. The van der Waals surface area contributed by atoms with Crippen LogP contribution in [-0.2, 0) is 0 Å². The van der Waals surface area contributed by atoms with E-state index in [-0.39, 0.29) is 25.5 Å². The van der Waals surface area contributed by atoms with Crippen molar-refractivity contribution in [2.24, 2.45) is 0 Å². The fourth-order valence-electron chi connectivity index (χ4n) is 1.14. The van der Waals surface area contributed by atoms with E-state index >= 15 is 0 Å². The van der Waals surface area contributed by atoms with Crippen LogP contribution in [-0.4, -0.2) is 48.0 Å². The Morgan fingerprint density at radius 1 is 1.50 bits per heavy atom. The quantitative estimate of drug-likeness (QED) is 0.655. The third-order valence-electron chi connectivity index (χ3n) is 1.84. The molecule has 0 aromatic heterocycles. The van der Waals surface area contributed by atoms with Gasteiger partial charge in [0.1, 0.15) is 6.04 Å². The molecule has 2 N–H and O–H groups in total. The Bertz CT molecular complexity index is 212. The summed E-state index contributed by atoms with van der Waals surface area (Å²) in [6.07, 6.45) is -5.69. The molecule has 1 aliphatic heterocycles. The number of nitrogens with zero attached hydrogens (tertiary/aromatic N) is 1. The molecule has 1 heterocycles. The maximum absolute atomic E-state index is 12.1. The molecule has 0 aromatic rings. The minimum absolute atomic E-state index is 0. The summed E-state index contributed by atoms with van der Waals surface area (Å²) in [4.78, 5) is 11.1. The summed E-state index contributed by atoms with van der Waals surface area (Å²) in [5.74, 6) is 0. The number of rotatable bonds is 0. The summed E-state index contributed by atoms with van der Waals surface area (Å²) >= 11 is 0. The molecule has 1 amide bonds. The summed E-state index contributed by atoms with van der Waals surface area (Å²) in [6.45, 7) is -0.392. The van der Waals surface area contributed by atoms with Crippen molar-refractivity contribution in [3.05, 3.63) is 0 Å². The molecule has 8 heteroatoms. The zero-order valence-corrected chi connectivity index (χ0v) is 7.86. The summed E-state index contributed by atoms with van der Waals surface area (Å²) in [7, 11) is 0. The van der Waals surface area contributed by atoms with Crippen LogP contribution in [0.3, 0.4) is 0 Å². The molecule has 1 fully saturated rings. The van der Waals surface area contributed by atoms with Crippen molar-refractivity contribution in [2.45, 2.75) is 12.2 Å². The highest BCUT2D eigenvalue weighted by atomic mass is 35.5. The fourth-order valence-corrected chi connectivity index (χ4v) is 1.14. The van der Waals surface area contributed by atoms with Crippen LogP contribution in [0.2, 0.25) is 0 Å². The molecule has 4 nitrogen and oxygen atoms in total. The maximum atomic E-state index is 12.1. The van der Waals surface area contributed by atoms with Crippen LogP contribution in [0.5, 0.6) is 0 Å². The van der Waals surface area contributed by atoms with Crippen LogP contribution in [0.15, 0.2) is 0 Å². The van der Waals surface area contributed by atoms with Gasteiger partial charge in [-0.05, 0) is 0 Å². The summed E-state index contributed by atoms with van der Waals surface area (Å²) in [5, 5.41) is 10.7. The number of piperazine rings is 1. The van der Waals surface area contributed by atoms with Gasteiger partial charge in [0.15, 0.2) is 0 Å². The highest BCUT2D eigenvalue weighted by molar-refractivity contribution is 5.85. The van der Waals surface area contributed by atoms with Gasteiger partial charge in [-0.3, -0.25) is 0 Å². The molecule has 0 aromatic carbocycles. The van der Waals surface area contributed by atoms with Crippen molar-refractivity contribution < 1.29 is 23.1 Å². The van der Waals surface area contributed by atoms with E-state index < -0.39 is 24.9 Å². The van der Waals surface area contributed by atoms with E-state index in [9.17, 15) is 18.0 Å². The molecule has 0 spiro atoms. The number of halogens is 4. The normalized spacial score (nSPS) is 22.8. The average molecular weight is 235 g/mol. The molecule has 1 aliphatic rings. The van der Waals surface area contributed by atoms with Crippen LogP contribution in [0.25, 0.3) is 0 Å². The SMILES string of the molecule is Cl.O=C(O)N1CCNC(C(F)(F)F)C1. The van der Waals surface area contributed by atoms with E-state index in [4.69, 9.17) is 5.11 Å². The molecular formula is C6H10ClF3N2O2. The Hall–Kier alpha value is -0.690. The molecule has 0 aliphatic carbocycles. The van der Waals surface area contributed by atoms with Crippen LogP contribution >= 0.6 is 12.4 Å². The number of alkyl halides is 3. The largest absolute Gasteiger partial charge is 0.465 e. The number of hydrogen-bond donors (Lipinski definition) is 2. The Morgan fingerprint density at radius 2 is 2.07 bits per heavy atom. The van der Waals surface area contributed by atoms with E-state index in [0.29, 0.717) is 0 Å². The Morgan fingerprint density at radius 3 is 2.50 bits per heavy atom. The minimum atomic E-state index is -4.38. The van der Waals surface area contributed by atoms with Gasteiger partial charge in [0.2, 0.25) is 0 Å². The van der Waals surface area contributed by atoms with Crippen molar-refractivity contribution in [1.29, 1.82) is 0 Å². The van der Waals surface area contributed by atoms with Gasteiger partial charge in [-0.25, -0.2) is 4.79 Å². The van der Waals surface area contributed by atoms with Crippen molar-refractivity contribution in [3.63, 3.8) is 0 Å². The lowest BCUT2D eigenvalue weighted by Gasteiger charge is -2.32. The van der Waals surface area contributed by atoms with E-state index in [2.05, 4.69) is 5.32 Å². The first kappa shape index (κ1) is 13.3. The third kappa shape index (κ3) is 3.22. The van der Waals surface area contributed by atoms with Gasteiger partial charge >= 0.3 is 12.3 Å². The van der Waals surface area contributed by atoms with Gasteiger partial charge in [-0.1, -0.05) is 0 Å². The van der Waals surface area contributed by atoms with Crippen LogP contribution in [0, 0.1) is 0 Å². The van der Waals surface area contributed by atoms with E-state index in [1.165, 1.54) is 0 Å². The molecule has 84 valence electrons. The molecule has 1 unspecified atom stereocenters. The second kappa shape index (κ2) is 4.70. The number of carboxylic acid groups (broad SMARTS) is 1. The van der Waals surface area contributed by atoms with Crippen molar-refractivity contribution in [1.82, 2.24) is 10.2 Å². The van der Waals surface area contributed by atoms with Gasteiger partial charge in [0.05, 0.1) is 0 Å². The minimum Gasteiger partial charge on any atom is -0.465 e. The maximum Gasteiger partial charge on any atom is 0.407 e. The highest BCUT2D eigenvalue weighted by Gasteiger charge is 2.42. The standard InChI is InChI=1S/C6H9F3N2O2.ClH/c7-6(8,9)4-3-11(5(12)13)2-1-10-4;/h4,10H,1-3H2,(H,12,13);1H. The van der Waals surface area contributed by atoms with Gasteiger partial charge < -0.3 is 15.3 Å². The second-order valence-corrected chi connectivity index (χ2v) is 2.78. The molecule has 14 heavy (non-hydrogen) atoms. The Kier molecular flexibility index (Phi) is 4.47. The molecule has 0 saturated carbocycles. The summed E-state index contributed by atoms with van der Waals surface area (Å²) in [6, 6.07) is -1.74. The average Bonchev–Trinajstić information content (AvgIpc) is 2.03. The number of carbonyl (C=O) groups is 1. The first-order chi connectivity index (χ1) is 5.91. The van der Waals surface area contributed by atoms with Crippen molar-refractivity contribution in [3.8, 4) is 0 Å². The van der Waals surface area contributed by atoms with E-state index in [1.54, 1.807) is 0 Å². The summed E-state index contributed by atoms with van der Waals surface area (Å²) < 4.78 is 36.3. The first-order valence-corrected chi connectivity index (χ1v) is 3.69. The highest BCUT2D eigenvalue weighted by Crippen LogP contribution is 2.22. The zero-order valence-electron chi connectivity index (χ0n) is 7.04. The van der Waals surface area contributed by atoms with Gasteiger partial charge in [0, 0.05) is 19.6 Å². The summed E-state index contributed by atoms with van der Waals surface area (Å²) in [5.41, 5.74) is 0. The van der Waals surface area contributed by atoms with E-state index in [0.717, 1.165) is 4.90 Å². The second-order valence-electron chi connectivity index (χ2n) is 2.78. The Labute approximate surface area is 84.5 Å². The lowest BCUT2D eigenvalue weighted by atomic mass is 10.2. The van der Waals surface area contributed by atoms with Gasteiger partial charge in [-0.15, -0.1) is 12.4 Å².